The van der Waals surface area contributed by atoms with Crippen molar-refractivity contribution in [3.05, 3.63) is 29.6 Å². The Labute approximate surface area is 113 Å². The summed E-state index contributed by atoms with van der Waals surface area (Å²) < 4.78 is 19.1. The van der Waals surface area contributed by atoms with Crippen LogP contribution in [0.3, 0.4) is 0 Å². The average Bonchev–Trinajstić information content (AvgIpc) is 2.68. The molecule has 104 valence electrons. The zero-order valence-corrected chi connectivity index (χ0v) is 11.5. The molecule has 2 aliphatic rings. The van der Waals surface area contributed by atoms with Gasteiger partial charge in [0.1, 0.15) is 17.7 Å². The zero-order valence-electron chi connectivity index (χ0n) is 11.5. The van der Waals surface area contributed by atoms with Crippen LogP contribution in [0.1, 0.15) is 19.4 Å². The lowest BCUT2D eigenvalue weighted by molar-refractivity contribution is 0.111. The maximum absolute atomic E-state index is 13.2. The van der Waals surface area contributed by atoms with Crippen LogP contribution in [-0.4, -0.2) is 42.7 Å². The van der Waals surface area contributed by atoms with E-state index in [1.165, 1.54) is 6.07 Å². The number of hydrogen-bond donors (Lipinski definition) is 1. The van der Waals surface area contributed by atoms with Crippen LogP contribution in [0, 0.1) is 5.82 Å². The van der Waals surface area contributed by atoms with Crippen molar-refractivity contribution in [2.24, 2.45) is 0 Å². The molecule has 0 aromatic heterocycles. The highest BCUT2D eigenvalue weighted by Crippen LogP contribution is 2.29. The van der Waals surface area contributed by atoms with E-state index in [1.807, 2.05) is 0 Å². The topological polar surface area (TPSA) is 24.5 Å². The number of benzene rings is 1. The molecule has 1 aromatic carbocycles. The predicted molar refractivity (Wildman–Crippen MR) is 73.0 cm³/mol. The minimum atomic E-state index is -0.174. The van der Waals surface area contributed by atoms with Crippen LogP contribution in [0.5, 0.6) is 5.75 Å². The van der Waals surface area contributed by atoms with E-state index < -0.39 is 0 Å². The van der Waals surface area contributed by atoms with Crippen LogP contribution < -0.4 is 10.1 Å². The van der Waals surface area contributed by atoms with E-state index in [0.717, 1.165) is 37.4 Å². The standard InChI is InChI=1S/C15H21FN2O/c1-10-7-18(8-11(2)17-10)9-14-6-12-5-13(16)3-4-15(12)19-14/h3-5,10-11,14,17H,6-9H2,1-2H3. The van der Waals surface area contributed by atoms with Crippen molar-refractivity contribution in [1.29, 1.82) is 0 Å². The van der Waals surface area contributed by atoms with Gasteiger partial charge in [-0.25, -0.2) is 4.39 Å². The van der Waals surface area contributed by atoms with Crippen LogP contribution in [0.25, 0.3) is 0 Å². The predicted octanol–water partition coefficient (Wildman–Crippen LogP) is 1.81. The maximum atomic E-state index is 13.2. The summed E-state index contributed by atoms with van der Waals surface area (Å²) in [4.78, 5) is 2.44. The van der Waals surface area contributed by atoms with E-state index >= 15 is 0 Å². The third kappa shape index (κ3) is 2.90. The van der Waals surface area contributed by atoms with Crippen molar-refractivity contribution in [1.82, 2.24) is 10.2 Å². The van der Waals surface area contributed by atoms with Crippen LogP contribution in [0.15, 0.2) is 18.2 Å². The van der Waals surface area contributed by atoms with Gasteiger partial charge in [0.2, 0.25) is 0 Å². The molecular weight excluding hydrogens is 243 g/mol. The molecular formula is C15H21FN2O. The molecule has 3 nitrogen and oxygen atoms in total. The highest BCUT2D eigenvalue weighted by Gasteiger charge is 2.28. The first kappa shape index (κ1) is 12.9. The molecule has 0 saturated carbocycles. The van der Waals surface area contributed by atoms with E-state index in [4.69, 9.17) is 4.74 Å². The zero-order chi connectivity index (χ0) is 13.4. The normalized spacial score (nSPS) is 31.0. The molecule has 0 spiro atoms. The molecule has 3 atom stereocenters. The number of halogens is 1. The summed E-state index contributed by atoms with van der Waals surface area (Å²) in [7, 11) is 0. The molecule has 1 aromatic rings. The van der Waals surface area contributed by atoms with Crippen molar-refractivity contribution < 1.29 is 9.13 Å². The first-order valence-corrected chi connectivity index (χ1v) is 7.03. The van der Waals surface area contributed by atoms with Crippen molar-refractivity contribution >= 4 is 0 Å². The molecule has 19 heavy (non-hydrogen) atoms. The Balaban J connectivity index is 1.61. The second-order valence-electron chi connectivity index (χ2n) is 5.88. The maximum Gasteiger partial charge on any atom is 0.123 e. The highest BCUT2D eigenvalue weighted by molar-refractivity contribution is 5.37. The van der Waals surface area contributed by atoms with Crippen molar-refractivity contribution in [2.75, 3.05) is 19.6 Å². The molecule has 0 radical (unpaired) electrons. The number of rotatable bonds is 2. The number of hydrogen-bond acceptors (Lipinski definition) is 3. The Bertz CT molecular complexity index is 455. The van der Waals surface area contributed by atoms with E-state index in [1.54, 1.807) is 12.1 Å². The molecule has 0 amide bonds. The highest BCUT2D eigenvalue weighted by atomic mass is 19.1. The fraction of sp³-hybridized carbons (Fsp3) is 0.600. The third-order valence-electron chi connectivity index (χ3n) is 3.86. The summed E-state index contributed by atoms with van der Waals surface area (Å²) in [6.45, 7) is 7.45. The van der Waals surface area contributed by atoms with Gasteiger partial charge in [-0.05, 0) is 32.0 Å². The Morgan fingerprint density at radius 2 is 2.05 bits per heavy atom. The number of piperazine rings is 1. The van der Waals surface area contributed by atoms with Crippen LogP contribution >= 0.6 is 0 Å². The number of fused-ring (bicyclic) bond motifs is 1. The average molecular weight is 264 g/mol. The summed E-state index contributed by atoms with van der Waals surface area (Å²) in [5.41, 5.74) is 1.00. The minimum Gasteiger partial charge on any atom is -0.488 e. The van der Waals surface area contributed by atoms with Crippen LogP contribution in [0.4, 0.5) is 4.39 Å². The van der Waals surface area contributed by atoms with Gasteiger partial charge in [0.25, 0.3) is 0 Å². The quantitative estimate of drug-likeness (QED) is 0.881. The first-order chi connectivity index (χ1) is 9.10. The Hall–Kier alpha value is -1.13. The molecule has 1 N–H and O–H groups in total. The Morgan fingerprint density at radius 1 is 1.32 bits per heavy atom. The third-order valence-corrected chi connectivity index (χ3v) is 3.86. The molecule has 2 heterocycles. The number of nitrogens with one attached hydrogen (secondary N) is 1. The van der Waals surface area contributed by atoms with Crippen molar-refractivity contribution in [2.45, 2.75) is 38.5 Å². The molecule has 3 rings (SSSR count). The van der Waals surface area contributed by atoms with E-state index in [9.17, 15) is 4.39 Å². The lowest BCUT2D eigenvalue weighted by Crippen LogP contribution is -2.55. The van der Waals surface area contributed by atoms with Crippen LogP contribution in [-0.2, 0) is 6.42 Å². The molecule has 4 heteroatoms. The van der Waals surface area contributed by atoms with Gasteiger partial charge in [0, 0.05) is 43.7 Å². The fourth-order valence-corrected chi connectivity index (χ4v) is 3.27. The number of nitrogens with zero attached hydrogens (tertiary/aromatic N) is 1. The lowest BCUT2D eigenvalue weighted by Gasteiger charge is -2.37. The fourth-order valence-electron chi connectivity index (χ4n) is 3.27. The van der Waals surface area contributed by atoms with Gasteiger partial charge in [-0.15, -0.1) is 0 Å². The van der Waals surface area contributed by atoms with Gasteiger partial charge < -0.3 is 10.1 Å². The molecule has 2 aliphatic heterocycles. The molecule has 0 aliphatic carbocycles. The Morgan fingerprint density at radius 3 is 2.79 bits per heavy atom. The van der Waals surface area contributed by atoms with E-state index in [2.05, 4.69) is 24.1 Å². The monoisotopic (exact) mass is 264 g/mol. The minimum absolute atomic E-state index is 0.161. The smallest absolute Gasteiger partial charge is 0.123 e. The van der Waals surface area contributed by atoms with Gasteiger partial charge in [-0.2, -0.15) is 0 Å². The summed E-state index contributed by atoms with van der Waals surface area (Å²) in [6, 6.07) is 5.84. The SMILES string of the molecule is CC1CN(CC2Cc3cc(F)ccc3O2)CC(C)N1. The van der Waals surface area contributed by atoms with Gasteiger partial charge >= 0.3 is 0 Å². The number of ether oxygens (including phenoxy) is 1. The summed E-state index contributed by atoms with van der Waals surface area (Å²) in [5.74, 6) is 0.676. The summed E-state index contributed by atoms with van der Waals surface area (Å²) >= 11 is 0. The summed E-state index contributed by atoms with van der Waals surface area (Å²) in [5, 5.41) is 3.53. The largest absolute Gasteiger partial charge is 0.488 e. The second kappa shape index (κ2) is 5.10. The van der Waals surface area contributed by atoms with E-state index in [0.29, 0.717) is 12.1 Å². The Kier molecular flexibility index (Phi) is 3.46. The molecule has 0 bridgehead atoms. The van der Waals surface area contributed by atoms with Crippen molar-refractivity contribution in [3.63, 3.8) is 0 Å². The lowest BCUT2D eigenvalue weighted by atomic mass is 10.1. The molecule has 1 fully saturated rings. The second-order valence-corrected chi connectivity index (χ2v) is 5.88. The first-order valence-electron chi connectivity index (χ1n) is 7.03. The van der Waals surface area contributed by atoms with Crippen LogP contribution in [0.2, 0.25) is 0 Å². The van der Waals surface area contributed by atoms with Gasteiger partial charge in [0.05, 0.1) is 0 Å². The van der Waals surface area contributed by atoms with Gasteiger partial charge in [0.15, 0.2) is 0 Å². The van der Waals surface area contributed by atoms with Gasteiger partial charge in [-0.1, -0.05) is 0 Å². The molecule has 3 unspecified atom stereocenters. The van der Waals surface area contributed by atoms with Gasteiger partial charge in [-0.3, -0.25) is 4.90 Å². The van der Waals surface area contributed by atoms with Crippen molar-refractivity contribution in [3.8, 4) is 5.75 Å². The van der Waals surface area contributed by atoms with E-state index in [-0.39, 0.29) is 11.9 Å². The summed E-state index contributed by atoms with van der Waals surface area (Å²) in [6.07, 6.45) is 0.981. The molecule has 1 saturated heterocycles.